The first-order valence-corrected chi connectivity index (χ1v) is 6.23. The minimum absolute atomic E-state index is 0.577. The second kappa shape index (κ2) is 9.13. The third kappa shape index (κ3) is 10.2. The molecule has 0 spiro atoms. The molecule has 0 unspecified atom stereocenters. The minimum Gasteiger partial charge on any atom is -0.317 e. The Labute approximate surface area is 95.4 Å². The van der Waals surface area contributed by atoms with Crippen molar-refractivity contribution in [1.29, 1.82) is 0 Å². The van der Waals surface area contributed by atoms with Gasteiger partial charge in [0.1, 0.15) is 0 Å². The highest BCUT2D eigenvalue weighted by Crippen LogP contribution is 1.94. The molecule has 0 saturated heterocycles. The maximum absolute atomic E-state index is 3.50. The van der Waals surface area contributed by atoms with Crippen LogP contribution in [-0.4, -0.2) is 38.3 Å². The number of hydrogen-bond donors (Lipinski definition) is 3. The SMILES string of the molecule is CCNCC(CNC(C)C)CNC(C)C. The molecule has 0 fully saturated rings. The van der Waals surface area contributed by atoms with E-state index >= 15 is 0 Å². The summed E-state index contributed by atoms with van der Waals surface area (Å²) in [6.07, 6.45) is 0. The second-order valence-electron chi connectivity index (χ2n) is 4.80. The average molecular weight is 215 g/mol. The highest BCUT2D eigenvalue weighted by Gasteiger charge is 2.08. The molecule has 3 heteroatoms. The topological polar surface area (TPSA) is 36.1 Å². The number of nitrogens with one attached hydrogen (secondary N) is 3. The lowest BCUT2D eigenvalue weighted by atomic mass is 10.1. The zero-order chi connectivity index (χ0) is 11.7. The summed E-state index contributed by atoms with van der Waals surface area (Å²) < 4.78 is 0. The Balaban J connectivity index is 3.73. The highest BCUT2D eigenvalue weighted by molar-refractivity contribution is 4.70. The molecule has 0 radical (unpaired) electrons. The summed E-state index contributed by atoms with van der Waals surface area (Å²) >= 11 is 0. The van der Waals surface area contributed by atoms with Crippen LogP contribution < -0.4 is 16.0 Å². The Kier molecular flexibility index (Phi) is 9.06. The van der Waals surface area contributed by atoms with E-state index in [4.69, 9.17) is 0 Å². The Bertz CT molecular complexity index is 123. The Morgan fingerprint density at radius 3 is 1.60 bits per heavy atom. The minimum atomic E-state index is 0.577. The van der Waals surface area contributed by atoms with E-state index in [2.05, 4.69) is 50.6 Å². The molecule has 3 nitrogen and oxygen atoms in total. The van der Waals surface area contributed by atoms with E-state index in [0.717, 1.165) is 26.2 Å². The fraction of sp³-hybridized carbons (Fsp3) is 1.00. The number of rotatable bonds is 9. The Morgan fingerprint density at radius 2 is 1.27 bits per heavy atom. The van der Waals surface area contributed by atoms with Crippen LogP contribution in [0.2, 0.25) is 0 Å². The number of hydrogen-bond acceptors (Lipinski definition) is 3. The molecule has 0 aromatic rings. The van der Waals surface area contributed by atoms with Gasteiger partial charge in [-0.3, -0.25) is 0 Å². The van der Waals surface area contributed by atoms with Gasteiger partial charge >= 0.3 is 0 Å². The quantitative estimate of drug-likeness (QED) is 0.541. The van der Waals surface area contributed by atoms with Crippen molar-refractivity contribution in [3.8, 4) is 0 Å². The molecule has 0 aliphatic heterocycles. The molecule has 0 rings (SSSR count). The lowest BCUT2D eigenvalue weighted by molar-refractivity contribution is 0.391. The van der Waals surface area contributed by atoms with Gasteiger partial charge in [0.2, 0.25) is 0 Å². The Morgan fingerprint density at radius 1 is 0.800 bits per heavy atom. The summed E-state index contributed by atoms with van der Waals surface area (Å²) in [7, 11) is 0. The van der Waals surface area contributed by atoms with E-state index in [1.54, 1.807) is 0 Å². The first kappa shape index (κ1) is 14.9. The first-order chi connectivity index (χ1) is 7.06. The summed E-state index contributed by atoms with van der Waals surface area (Å²) in [4.78, 5) is 0. The van der Waals surface area contributed by atoms with E-state index in [0.29, 0.717) is 18.0 Å². The summed E-state index contributed by atoms with van der Waals surface area (Å²) in [5, 5.41) is 10.4. The molecule has 0 amide bonds. The smallest absolute Gasteiger partial charge is 0.00105 e. The molecule has 0 aromatic heterocycles. The maximum Gasteiger partial charge on any atom is 0.00105 e. The largest absolute Gasteiger partial charge is 0.317 e. The predicted octanol–water partition coefficient (Wildman–Crippen LogP) is 1.21. The predicted molar refractivity (Wildman–Crippen MR) is 68.3 cm³/mol. The molecule has 92 valence electrons. The van der Waals surface area contributed by atoms with Crippen LogP contribution >= 0.6 is 0 Å². The molecule has 0 saturated carbocycles. The molecule has 3 N–H and O–H groups in total. The molecular formula is C12H29N3. The van der Waals surface area contributed by atoms with E-state index < -0.39 is 0 Å². The van der Waals surface area contributed by atoms with Crippen LogP contribution in [0.25, 0.3) is 0 Å². The van der Waals surface area contributed by atoms with Gasteiger partial charge in [0.25, 0.3) is 0 Å². The van der Waals surface area contributed by atoms with Crippen LogP contribution in [0.3, 0.4) is 0 Å². The molecule has 15 heavy (non-hydrogen) atoms. The standard InChI is InChI=1S/C12H29N3/c1-6-13-7-12(8-14-10(2)3)9-15-11(4)5/h10-15H,6-9H2,1-5H3. The third-order valence-electron chi connectivity index (χ3n) is 2.31. The van der Waals surface area contributed by atoms with Crippen molar-refractivity contribution in [2.75, 3.05) is 26.2 Å². The summed E-state index contributed by atoms with van der Waals surface area (Å²) in [5.41, 5.74) is 0. The Hall–Kier alpha value is -0.120. The summed E-state index contributed by atoms with van der Waals surface area (Å²) in [5.74, 6) is 0.676. The van der Waals surface area contributed by atoms with Gasteiger partial charge in [0.15, 0.2) is 0 Å². The molecule has 0 aliphatic rings. The van der Waals surface area contributed by atoms with Crippen LogP contribution in [0.4, 0.5) is 0 Å². The van der Waals surface area contributed by atoms with Gasteiger partial charge < -0.3 is 16.0 Å². The molecular weight excluding hydrogens is 186 g/mol. The molecule has 0 aliphatic carbocycles. The van der Waals surface area contributed by atoms with Crippen LogP contribution in [0.15, 0.2) is 0 Å². The summed E-state index contributed by atoms with van der Waals surface area (Å²) in [6.45, 7) is 15.3. The fourth-order valence-electron chi connectivity index (χ4n) is 1.37. The van der Waals surface area contributed by atoms with Crippen molar-refractivity contribution in [3.63, 3.8) is 0 Å². The average Bonchev–Trinajstić information content (AvgIpc) is 2.16. The van der Waals surface area contributed by atoms with Crippen molar-refractivity contribution in [2.45, 2.75) is 46.7 Å². The van der Waals surface area contributed by atoms with Crippen molar-refractivity contribution in [3.05, 3.63) is 0 Å². The molecule has 0 aromatic carbocycles. The molecule has 0 bridgehead atoms. The normalized spacial score (nSPS) is 12.0. The zero-order valence-electron chi connectivity index (χ0n) is 11.1. The van der Waals surface area contributed by atoms with Gasteiger partial charge in [-0.25, -0.2) is 0 Å². The third-order valence-corrected chi connectivity index (χ3v) is 2.31. The van der Waals surface area contributed by atoms with E-state index in [1.165, 1.54) is 0 Å². The van der Waals surface area contributed by atoms with Crippen molar-refractivity contribution in [1.82, 2.24) is 16.0 Å². The van der Waals surface area contributed by atoms with Crippen molar-refractivity contribution >= 4 is 0 Å². The molecule has 0 atom stereocenters. The monoisotopic (exact) mass is 215 g/mol. The van der Waals surface area contributed by atoms with Gasteiger partial charge in [-0.15, -0.1) is 0 Å². The fourth-order valence-corrected chi connectivity index (χ4v) is 1.37. The van der Waals surface area contributed by atoms with E-state index in [1.807, 2.05) is 0 Å². The highest BCUT2D eigenvalue weighted by atomic mass is 15.0. The lowest BCUT2D eigenvalue weighted by Gasteiger charge is -2.21. The first-order valence-electron chi connectivity index (χ1n) is 6.23. The van der Waals surface area contributed by atoms with E-state index in [-0.39, 0.29) is 0 Å². The van der Waals surface area contributed by atoms with Gasteiger partial charge in [0, 0.05) is 31.7 Å². The second-order valence-corrected chi connectivity index (χ2v) is 4.80. The van der Waals surface area contributed by atoms with E-state index in [9.17, 15) is 0 Å². The van der Waals surface area contributed by atoms with Gasteiger partial charge in [-0.05, 0) is 12.5 Å². The van der Waals surface area contributed by atoms with Crippen molar-refractivity contribution < 1.29 is 0 Å². The van der Waals surface area contributed by atoms with Gasteiger partial charge in [0.05, 0.1) is 0 Å². The summed E-state index contributed by atoms with van der Waals surface area (Å²) in [6, 6.07) is 1.15. The van der Waals surface area contributed by atoms with Crippen LogP contribution in [0, 0.1) is 5.92 Å². The lowest BCUT2D eigenvalue weighted by Crippen LogP contribution is -2.41. The van der Waals surface area contributed by atoms with Crippen LogP contribution in [0.5, 0.6) is 0 Å². The van der Waals surface area contributed by atoms with Crippen LogP contribution in [-0.2, 0) is 0 Å². The van der Waals surface area contributed by atoms with Crippen molar-refractivity contribution in [2.24, 2.45) is 5.92 Å². The zero-order valence-corrected chi connectivity index (χ0v) is 11.1. The van der Waals surface area contributed by atoms with Gasteiger partial charge in [-0.2, -0.15) is 0 Å². The molecule has 0 heterocycles. The maximum atomic E-state index is 3.50. The van der Waals surface area contributed by atoms with Crippen LogP contribution in [0.1, 0.15) is 34.6 Å². The van der Waals surface area contributed by atoms with Gasteiger partial charge in [-0.1, -0.05) is 34.6 Å².